The maximum Gasteiger partial charge on any atom is 0.252 e. The average molecular weight is 350 g/mol. The van der Waals surface area contributed by atoms with Gasteiger partial charge in [0.25, 0.3) is 5.91 Å². The molecule has 1 amide bonds. The van der Waals surface area contributed by atoms with Gasteiger partial charge in [0.15, 0.2) is 0 Å². The number of fused-ring (bicyclic) bond motifs is 4. The second-order valence-corrected chi connectivity index (χ2v) is 7.32. The summed E-state index contributed by atoms with van der Waals surface area (Å²) in [7, 11) is 0. The van der Waals surface area contributed by atoms with Gasteiger partial charge < -0.3 is 9.47 Å². The van der Waals surface area contributed by atoms with E-state index in [0.29, 0.717) is 25.5 Å². The fraction of sp³-hybridized carbons (Fsp3) is 0.429. The number of hydrogen-bond acceptors (Lipinski definition) is 2. The molecule has 1 fully saturated rings. The van der Waals surface area contributed by atoms with Gasteiger partial charge in [-0.1, -0.05) is 36.8 Å². The van der Waals surface area contributed by atoms with Gasteiger partial charge in [-0.2, -0.15) is 0 Å². The van der Waals surface area contributed by atoms with E-state index < -0.39 is 0 Å². The molecule has 26 heavy (non-hydrogen) atoms. The van der Waals surface area contributed by atoms with E-state index in [1.807, 2.05) is 11.8 Å². The second-order valence-electron chi connectivity index (χ2n) is 7.32. The Labute approximate surface area is 154 Å². The molecule has 3 heterocycles. The summed E-state index contributed by atoms with van der Waals surface area (Å²) < 4.78 is 2.37. The number of carbonyl (C=O) groups excluding carboxylic acids is 1. The number of carbonyl (C=O) groups is 1. The monoisotopic (exact) mass is 350 g/mol. The highest BCUT2D eigenvalue weighted by Crippen LogP contribution is 2.36. The third kappa shape index (κ3) is 2.37. The van der Waals surface area contributed by atoms with Crippen LogP contribution in [0.5, 0.6) is 0 Å². The highest BCUT2D eigenvalue weighted by atomic mass is 16.2. The molecule has 4 rings (SSSR count). The lowest BCUT2D eigenvalue weighted by Gasteiger charge is -2.30. The van der Waals surface area contributed by atoms with Crippen molar-refractivity contribution in [1.82, 2.24) is 14.4 Å². The van der Waals surface area contributed by atoms with E-state index >= 15 is 0 Å². The third-order valence-electron chi connectivity index (χ3n) is 5.71. The maximum absolute atomic E-state index is 12.8. The lowest BCUT2D eigenvalue weighted by molar-refractivity contribution is -0.128. The predicted octanol–water partition coefficient (Wildman–Crippen LogP) is 3.52. The van der Waals surface area contributed by atoms with Crippen molar-refractivity contribution in [1.29, 1.82) is 5.41 Å². The molecule has 0 bridgehead atoms. The van der Waals surface area contributed by atoms with Crippen LogP contribution < -0.4 is 0 Å². The first-order chi connectivity index (χ1) is 12.6. The van der Waals surface area contributed by atoms with Crippen LogP contribution in [0.25, 0.3) is 10.9 Å². The first-order valence-electron chi connectivity index (χ1n) is 9.44. The van der Waals surface area contributed by atoms with Gasteiger partial charge in [0.2, 0.25) is 5.96 Å². The lowest BCUT2D eigenvalue weighted by atomic mass is 9.97. The van der Waals surface area contributed by atoms with Crippen LogP contribution in [0.15, 0.2) is 35.9 Å². The van der Waals surface area contributed by atoms with Gasteiger partial charge in [0.1, 0.15) is 6.04 Å². The summed E-state index contributed by atoms with van der Waals surface area (Å²) in [6.45, 7) is 8.39. The zero-order chi connectivity index (χ0) is 18.4. The number of amides is 1. The van der Waals surface area contributed by atoms with Crippen molar-refractivity contribution >= 4 is 22.8 Å². The summed E-state index contributed by atoms with van der Waals surface area (Å²) in [6.07, 6.45) is 3.72. The van der Waals surface area contributed by atoms with E-state index in [1.165, 1.54) is 27.7 Å². The zero-order valence-electron chi connectivity index (χ0n) is 15.7. The molecule has 5 nitrogen and oxygen atoms in total. The number of rotatable bonds is 4. The SMILES string of the molecule is C/C=C(\C)Cn1c2c(c3ccccc31)CC1C(=O)N(CCC)C(=N)N1C2. The topological polar surface area (TPSA) is 52.3 Å². The number of para-hydroxylation sites is 1. The minimum atomic E-state index is -0.219. The average Bonchev–Trinajstić information content (AvgIpc) is 3.08. The van der Waals surface area contributed by atoms with Gasteiger partial charge >= 0.3 is 0 Å². The van der Waals surface area contributed by atoms with Crippen LogP contribution in [-0.2, 0) is 24.3 Å². The molecular weight excluding hydrogens is 324 g/mol. The molecule has 1 aromatic heterocycles. The van der Waals surface area contributed by atoms with E-state index in [9.17, 15) is 4.79 Å². The Morgan fingerprint density at radius 2 is 2.12 bits per heavy atom. The fourth-order valence-corrected chi connectivity index (χ4v) is 4.26. The van der Waals surface area contributed by atoms with Crippen molar-refractivity contribution in [3.05, 3.63) is 47.2 Å². The molecule has 1 aromatic carbocycles. The van der Waals surface area contributed by atoms with Gasteiger partial charge in [-0.15, -0.1) is 0 Å². The third-order valence-corrected chi connectivity index (χ3v) is 5.71. The predicted molar refractivity (Wildman–Crippen MR) is 104 cm³/mol. The molecule has 136 valence electrons. The molecule has 5 heteroatoms. The first kappa shape index (κ1) is 16.9. The van der Waals surface area contributed by atoms with Crippen molar-refractivity contribution < 1.29 is 4.79 Å². The number of hydrogen-bond donors (Lipinski definition) is 1. The zero-order valence-corrected chi connectivity index (χ0v) is 15.7. The van der Waals surface area contributed by atoms with Crippen molar-refractivity contribution in [3.63, 3.8) is 0 Å². The normalized spacial score (nSPS) is 20.1. The number of nitrogens with one attached hydrogen (secondary N) is 1. The summed E-state index contributed by atoms with van der Waals surface area (Å²) >= 11 is 0. The summed E-state index contributed by atoms with van der Waals surface area (Å²) in [6, 6.07) is 8.26. The molecule has 1 saturated heterocycles. The van der Waals surface area contributed by atoms with Crippen LogP contribution in [0.4, 0.5) is 0 Å². The molecule has 2 aliphatic rings. The van der Waals surface area contributed by atoms with Gasteiger partial charge in [0, 0.05) is 36.1 Å². The quantitative estimate of drug-likeness (QED) is 0.858. The van der Waals surface area contributed by atoms with Crippen molar-refractivity contribution in [2.24, 2.45) is 0 Å². The number of nitrogens with zero attached hydrogens (tertiary/aromatic N) is 3. The Balaban J connectivity index is 1.81. The van der Waals surface area contributed by atoms with Gasteiger partial charge in [0.05, 0.1) is 6.54 Å². The molecule has 1 atom stereocenters. The summed E-state index contributed by atoms with van der Waals surface area (Å²) in [4.78, 5) is 16.5. The number of allylic oxidation sites excluding steroid dienone is 2. The molecule has 2 aliphatic heterocycles. The number of guanidine groups is 1. The minimum Gasteiger partial charge on any atom is -0.338 e. The Morgan fingerprint density at radius 1 is 1.35 bits per heavy atom. The van der Waals surface area contributed by atoms with Gasteiger partial charge in [-0.25, -0.2) is 0 Å². The summed E-state index contributed by atoms with van der Waals surface area (Å²) in [5.74, 6) is 0.455. The van der Waals surface area contributed by atoms with E-state index in [1.54, 1.807) is 4.90 Å². The van der Waals surface area contributed by atoms with Crippen molar-refractivity contribution in [2.75, 3.05) is 6.54 Å². The highest BCUT2D eigenvalue weighted by molar-refractivity contribution is 6.06. The highest BCUT2D eigenvalue weighted by Gasteiger charge is 2.45. The molecule has 0 saturated carbocycles. The molecule has 0 spiro atoms. The fourth-order valence-electron chi connectivity index (χ4n) is 4.26. The van der Waals surface area contributed by atoms with Crippen molar-refractivity contribution in [3.8, 4) is 0 Å². The van der Waals surface area contributed by atoms with Crippen LogP contribution in [0.3, 0.4) is 0 Å². The van der Waals surface area contributed by atoms with Crippen LogP contribution in [0.1, 0.15) is 38.4 Å². The Morgan fingerprint density at radius 3 is 2.85 bits per heavy atom. The van der Waals surface area contributed by atoms with E-state index in [-0.39, 0.29) is 11.9 Å². The Kier molecular flexibility index (Phi) is 4.10. The molecule has 1 unspecified atom stereocenters. The van der Waals surface area contributed by atoms with Crippen LogP contribution in [-0.4, -0.2) is 38.8 Å². The molecular formula is C21H26N4O. The smallest absolute Gasteiger partial charge is 0.252 e. The first-order valence-corrected chi connectivity index (χ1v) is 9.44. The summed E-state index contributed by atoms with van der Waals surface area (Å²) in [5, 5.41) is 9.75. The second kappa shape index (κ2) is 6.31. The van der Waals surface area contributed by atoms with E-state index in [0.717, 1.165) is 13.0 Å². The molecule has 0 radical (unpaired) electrons. The standard InChI is InChI=1S/C21H26N4O/c1-4-10-23-20(26)18-11-16-15-8-6-7-9-17(15)24(12-14(3)5-2)19(16)13-25(18)21(23)22/h5-9,18,22H,4,10-13H2,1-3H3/b14-5+,22-21?. The summed E-state index contributed by atoms with van der Waals surface area (Å²) in [5.41, 5.74) is 5.07. The molecule has 0 aliphatic carbocycles. The van der Waals surface area contributed by atoms with Gasteiger partial charge in [-0.05, 0) is 31.9 Å². The number of benzene rings is 1. The Hall–Kier alpha value is -2.56. The molecule has 1 N–H and O–H groups in total. The van der Waals surface area contributed by atoms with Crippen LogP contribution in [0, 0.1) is 5.41 Å². The lowest BCUT2D eigenvalue weighted by Crippen LogP contribution is -2.40. The largest absolute Gasteiger partial charge is 0.338 e. The van der Waals surface area contributed by atoms with Crippen LogP contribution >= 0.6 is 0 Å². The maximum atomic E-state index is 12.8. The van der Waals surface area contributed by atoms with E-state index in [2.05, 4.69) is 48.8 Å². The van der Waals surface area contributed by atoms with Gasteiger partial charge in [-0.3, -0.25) is 15.1 Å². The van der Waals surface area contributed by atoms with E-state index in [4.69, 9.17) is 5.41 Å². The van der Waals surface area contributed by atoms with Crippen LogP contribution in [0.2, 0.25) is 0 Å². The number of aromatic nitrogens is 1. The Bertz CT molecular complexity index is 923. The van der Waals surface area contributed by atoms with Crippen molar-refractivity contribution in [2.45, 2.75) is 52.7 Å². The minimum absolute atomic E-state index is 0.0870. The molecule has 2 aromatic rings.